The van der Waals surface area contributed by atoms with E-state index in [4.69, 9.17) is 0 Å². The summed E-state index contributed by atoms with van der Waals surface area (Å²) in [5, 5.41) is 14.1. The van der Waals surface area contributed by atoms with E-state index in [2.05, 4.69) is 10.2 Å². The molecule has 1 atom stereocenters. The monoisotopic (exact) mass is 235 g/mol. The first kappa shape index (κ1) is 11.9. The first-order chi connectivity index (χ1) is 8.11. The average Bonchev–Trinajstić information content (AvgIpc) is 2.78. The molecule has 0 aliphatic carbocycles. The summed E-state index contributed by atoms with van der Waals surface area (Å²) in [5.74, 6) is 0. The van der Waals surface area contributed by atoms with Crippen molar-refractivity contribution < 1.29 is 4.92 Å². The van der Waals surface area contributed by atoms with Crippen molar-refractivity contribution in [3.63, 3.8) is 0 Å². The fourth-order valence-corrected chi connectivity index (χ4v) is 2.22. The van der Waals surface area contributed by atoms with E-state index in [1.807, 2.05) is 19.2 Å². The molecule has 0 radical (unpaired) electrons. The van der Waals surface area contributed by atoms with Crippen molar-refractivity contribution in [3.05, 3.63) is 33.9 Å². The number of rotatable bonds is 3. The van der Waals surface area contributed by atoms with Crippen LogP contribution < -0.4 is 10.2 Å². The van der Waals surface area contributed by atoms with Gasteiger partial charge in [0.25, 0.3) is 5.69 Å². The zero-order valence-electron chi connectivity index (χ0n) is 10.1. The highest BCUT2D eigenvalue weighted by atomic mass is 16.6. The van der Waals surface area contributed by atoms with Gasteiger partial charge in [-0.15, -0.1) is 0 Å². The molecule has 0 spiro atoms. The van der Waals surface area contributed by atoms with Crippen LogP contribution in [-0.4, -0.2) is 31.1 Å². The zero-order valence-corrected chi connectivity index (χ0v) is 10.1. The average molecular weight is 235 g/mol. The molecule has 5 heteroatoms. The number of nitro benzene ring substituents is 1. The molecular formula is C12H17N3O2. The topological polar surface area (TPSA) is 58.4 Å². The SMILES string of the molecule is CNC1CCN(c2ccc(C)c([N+](=O)[O-])c2)C1. The Hall–Kier alpha value is -1.62. The molecule has 92 valence electrons. The predicted octanol–water partition coefficient (Wildman–Crippen LogP) is 1.70. The third-order valence-electron chi connectivity index (χ3n) is 3.35. The first-order valence-electron chi connectivity index (χ1n) is 5.79. The molecule has 0 amide bonds. The molecule has 1 heterocycles. The van der Waals surface area contributed by atoms with Gasteiger partial charge in [0.05, 0.1) is 4.92 Å². The Morgan fingerprint density at radius 2 is 2.29 bits per heavy atom. The van der Waals surface area contributed by atoms with E-state index in [1.165, 1.54) is 0 Å². The van der Waals surface area contributed by atoms with Gasteiger partial charge < -0.3 is 10.2 Å². The normalized spacial score (nSPS) is 19.6. The number of aryl methyl sites for hydroxylation is 1. The van der Waals surface area contributed by atoms with Gasteiger partial charge >= 0.3 is 0 Å². The Kier molecular flexibility index (Phi) is 3.28. The predicted molar refractivity (Wildman–Crippen MR) is 67.5 cm³/mol. The van der Waals surface area contributed by atoms with Gasteiger partial charge in [0.1, 0.15) is 0 Å². The molecular weight excluding hydrogens is 218 g/mol. The molecule has 17 heavy (non-hydrogen) atoms. The van der Waals surface area contributed by atoms with Crippen LogP contribution in [-0.2, 0) is 0 Å². The summed E-state index contributed by atoms with van der Waals surface area (Å²) in [4.78, 5) is 12.8. The molecule has 1 aromatic rings. The minimum atomic E-state index is -0.315. The van der Waals surface area contributed by atoms with E-state index < -0.39 is 0 Å². The number of likely N-dealkylation sites (N-methyl/N-ethyl adjacent to an activating group) is 1. The summed E-state index contributed by atoms with van der Waals surface area (Å²) < 4.78 is 0. The maximum Gasteiger partial charge on any atom is 0.274 e. The summed E-state index contributed by atoms with van der Waals surface area (Å²) in [7, 11) is 1.95. The zero-order chi connectivity index (χ0) is 12.4. The van der Waals surface area contributed by atoms with Crippen LogP contribution in [0.15, 0.2) is 18.2 Å². The number of hydrogen-bond acceptors (Lipinski definition) is 4. The van der Waals surface area contributed by atoms with E-state index in [0.29, 0.717) is 11.6 Å². The largest absolute Gasteiger partial charge is 0.370 e. The lowest BCUT2D eigenvalue weighted by molar-refractivity contribution is -0.385. The standard InChI is InChI=1S/C12H17N3O2/c1-9-3-4-11(7-12(9)15(16)17)14-6-5-10(8-14)13-2/h3-4,7,10,13H,5-6,8H2,1-2H3. The first-order valence-corrected chi connectivity index (χ1v) is 5.79. The van der Waals surface area contributed by atoms with Crippen molar-refractivity contribution in [3.8, 4) is 0 Å². The van der Waals surface area contributed by atoms with Gasteiger partial charge in [-0.2, -0.15) is 0 Å². The van der Waals surface area contributed by atoms with Crippen molar-refractivity contribution in [1.82, 2.24) is 5.32 Å². The second-order valence-electron chi connectivity index (χ2n) is 4.45. The molecule has 1 aliphatic rings. The minimum absolute atomic E-state index is 0.204. The van der Waals surface area contributed by atoms with E-state index >= 15 is 0 Å². The number of anilines is 1. The van der Waals surface area contributed by atoms with Gasteiger partial charge in [-0.05, 0) is 26.5 Å². The van der Waals surface area contributed by atoms with Crippen LogP contribution in [0.1, 0.15) is 12.0 Å². The van der Waals surface area contributed by atoms with E-state index in [0.717, 1.165) is 25.2 Å². The molecule has 0 aromatic heterocycles. The van der Waals surface area contributed by atoms with Crippen molar-refractivity contribution >= 4 is 11.4 Å². The third-order valence-corrected chi connectivity index (χ3v) is 3.35. The van der Waals surface area contributed by atoms with Crippen molar-refractivity contribution in [2.24, 2.45) is 0 Å². The molecule has 2 rings (SSSR count). The second kappa shape index (κ2) is 4.71. The van der Waals surface area contributed by atoms with Crippen molar-refractivity contribution in [2.75, 3.05) is 25.0 Å². The molecule has 5 nitrogen and oxygen atoms in total. The number of hydrogen-bond donors (Lipinski definition) is 1. The van der Waals surface area contributed by atoms with Gasteiger partial charge in [-0.1, -0.05) is 6.07 Å². The number of nitrogens with one attached hydrogen (secondary N) is 1. The van der Waals surface area contributed by atoms with E-state index in [1.54, 1.807) is 13.0 Å². The third kappa shape index (κ3) is 2.39. The van der Waals surface area contributed by atoms with Gasteiger partial charge in [-0.25, -0.2) is 0 Å². The Morgan fingerprint density at radius 1 is 1.53 bits per heavy atom. The van der Waals surface area contributed by atoms with E-state index in [-0.39, 0.29) is 10.6 Å². The lowest BCUT2D eigenvalue weighted by Crippen LogP contribution is -2.29. The maximum atomic E-state index is 10.9. The van der Waals surface area contributed by atoms with Gasteiger partial charge in [0.15, 0.2) is 0 Å². The lowest BCUT2D eigenvalue weighted by Gasteiger charge is -2.18. The molecule has 1 fully saturated rings. The molecule has 0 saturated carbocycles. The number of nitrogens with zero attached hydrogens (tertiary/aromatic N) is 2. The highest BCUT2D eigenvalue weighted by molar-refractivity contribution is 5.57. The Balaban J connectivity index is 2.22. The van der Waals surface area contributed by atoms with Crippen molar-refractivity contribution in [1.29, 1.82) is 0 Å². The molecule has 1 aromatic carbocycles. The van der Waals surface area contributed by atoms with Crippen LogP contribution >= 0.6 is 0 Å². The molecule has 1 aliphatic heterocycles. The summed E-state index contributed by atoms with van der Waals surface area (Å²) in [6, 6.07) is 5.93. The smallest absolute Gasteiger partial charge is 0.274 e. The number of benzene rings is 1. The van der Waals surface area contributed by atoms with Crippen LogP contribution in [0.4, 0.5) is 11.4 Å². The summed E-state index contributed by atoms with van der Waals surface area (Å²) in [6.45, 7) is 3.63. The molecule has 0 bridgehead atoms. The minimum Gasteiger partial charge on any atom is -0.370 e. The highest BCUT2D eigenvalue weighted by Crippen LogP contribution is 2.27. The lowest BCUT2D eigenvalue weighted by atomic mass is 10.2. The molecule has 1 unspecified atom stereocenters. The Morgan fingerprint density at radius 3 is 2.88 bits per heavy atom. The fourth-order valence-electron chi connectivity index (χ4n) is 2.22. The summed E-state index contributed by atoms with van der Waals surface area (Å²) in [6.07, 6.45) is 1.08. The second-order valence-corrected chi connectivity index (χ2v) is 4.45. The van der Waals surface area contributed by atoms with Gasteiger partial charge in [0.2, 0.25) is 0 Å². The number of nitro groups is 1. The molecule has 1 N–H and O–H groups in total. The quantitative estimate of drug-likeness (QED) is 0.640. The van der Waals surface area contributed by atoms with Crippen LogP contribution in [0.5, 0.6) is 0 Å². The van der Waals surface area contributed by atoms with Crippen molar-refractivity contribution in [2.45, 2.75) is 19.4 Å². The van der Waals surface area contributed by atoms with Crippen LogP contribution in [0.3, 0.4) is 0 Å². The fraction of sp³-hybridized carbons (Fsp3) is 0.500. The highest BCUT2D eigenvalue weighted by Gasteiger charge is 2.22. The van der Waals surface area contributed by atoms with Gasteiger partial charge in [0, 0.05) is 36.4 Å². The molecule has 1 saturated heterocycles. The van der Waals surface area contributed by atoms with E-state index in [9.17, 15) is 10.1 Å². The maximum absolute atomic E-state index is 10.9. The Bertz CT molecular complexity index is 434. The summed E-state index contributed by atoms with van der Waals surface area (Å²) >= 11 is 0. The summed E-state index contributed by atoms with van der Waals surface area (Å²) in [5.41, 5.74) is 1.86. The van der Waals surface area contributed by atoms with Crippen LogP contribution in [0.2, 0.25) is 0 Å². The van der Waals surface area contributed by atoms with Crippen LogP contribution in [0.25, 0.3) is 0 Å². The van der Waals surface area contributed by atoms with Crippen LogP contribution in [0, 0.1) is 17.0 Å². The Labute approximate surface area is 101 Å². The van der Waals surface area contributed by atoms with Gasteiger partial charge in [-0.3, -0.25) is 10.1 Å².